The lowest BCUT2D eigenvalue weighted by Gasteiger charge is -2.06. The van der Waals surface area contributed by atoms with Gasteiger partial charge in [-0.1, -0.05) is 39.5 Å². The van der Waals surface area contributed by atoms with Crippen molar-refractivity contribution in [2.45, 2.75) is 71.8 Å². The molecule has 0 aromatic carbocycles. The van der Waals surface area contributed by atoms with Gasteiger partial charge < -0.3 is 0 Å². The van der Waals surface area contributed by atoms with Crippen molar-refractivity contribution < 1.29 is 8.78 Å². The van der Waals surface area contributed by atoms with Crippen molar-refractivity contribution in [1.82, 2.24) is 9.78 Å². The maximum Gasteiger partial charge on any atom is 0.282 e. The van der Waals surface area contributed by atoms with Crippen LogP contribution in [0.15, 0.2) is 6.07 Å². The average Bonchev–Trinajstić information content (AvgIpc) is 2.74. The lowest BCUT2D eigenvalue weighted by Crippen LogP contribution is -2.05. The van der Waals surface area contributed by atoms with Gasteiger partial charge in [0, 0.05) is 12.2 Å². The van der Waals surface area contributed by atoms with E-state index in [9.17, 15) is 8.78 Å². The van der Waals surface area contributed by atoms with Crippen molar-refractivity contribution in [1.29, 1.82) is 0 Å². The van der Waals surface area contributed by atoms with Crippen molar-refractivity contribution in [2.75, 3.05) is 0 Å². The molecule has 1 aromatic rings. The molecule has 0 aliphatic carbocycles. The third-order valence-corrected chi connectivity index (χ3v) is 3.12. The molecule has 1 aromatic heterocycles. The number of alkyl halides is 2. The zero-order chi connectivity index (χ0) is 13.4. The highest BCUT2D eigenvalue weighted by Crippen LogP contribution is 2.20. The fourth-order valence-corrected chi connectivity index (χ4v) is 2.05. The van der Waals surface area contributed by atoms with Gasteiger partial charge in [0.2, 0.25) is 0 Å². The third-order valence-electron chi connectivity index (χ3n) is 3.12. The molecule has 0 atom stereocenters. The molecule has 2 nitrogen and oxygen atoms in total. The summed E-state index contributed by atoms with van der Waals surface area (Å²) in [7, 11) is 0. The van der Waals surface area contributed by atoms with Gasteiger partial charge in [0.1, 0.15) is 5.69 Å². The smallest absolute Gasteiger partial charge is 0.269 e. The molecule has 0 aliphatic heterocycles. The Morgan fingerprint density at radius 3 is 2.39 bits per heavy atom. The molecule has 0 aliphatic rings. The first-order valence-electron chi connectivity index (χ1n) is 7.03. The Balaban J connectivity index is 2.64. The van der Waals surface area contributed by atoms with E-state index in [1.54, 1.807) is 10.7 Å². The zero-order valence-corrected chi connectivity index (χ0v) is 11.5. The minimum absolute atomic E-state index is 0.0713. The first kappa shape index (κ1) is 15.1. The SMILES string of the molecule is CCCCCc1cc(C(F)F)nn1CCCCC. The van der Waals surface area contributed by atoms with Gasteiger partial charge in [0.25, 0.3) is 6.43 Å². The number of unbranched alkanes of at least 4 members (excludes halogenated alkanes) is 4. The Hall–Kier alpha value is -0.930. The summed E-state index contributed by atoms with van der Waals surface area (Å²) in [6, 6.07) is 1.58. The number of nitrogens with zero attached hydrogens (tertiary/aromatic N) is 2. The number of rotatable bonds is 9. The van der Waals surface area contributed by atoms with E-state index < -0.39 is 6.43 Å². The highest BCUT2D eigenvalue weighted by molar-refractivity contribution is 5.11. The van der Waals surface area contributed by atoms with Crippen LogP contribution in [-0.4, -0.2) is 9.78 Å². The summed E-state index contributed by atoms with van der Waals surface area (Å²) in [6.45, 7) is 5.04. The molecule has 0 bridgehead atoms. The van der Waals surface area contributed by atoms with Crippen LogP contribution in [0.3, 0.4) is 0 Å². The molecule has 0 amide bonds. The molecular formula is C14H24F2N2. The van der Waals surface area contributed by atoms with Crippen LogP contribution in [0.4, 0.5) is 8.78 Å². The van der Waals surface area contributed by atoms with E-state index in [0.29, 0.717) is 0 Å². The topological polar surface area (TPSA) is 17.8 Å². The second-order valence-corrected chi connectivity index (χ2v) is 4.75. The zero-order valence-electron chi connectivity index (χ0n) is 11.5. The number of hydrogen-bond acceptors (Lipinski definition) is 1. The highest BCUT2D eigenvalue weighted by Gasteiger charge is 2.14. The molecule has 0 saturated carbocycles. The summed E-state index contributed by atoms with van der Waals surface area (Å²) in [4.78, 5) is 0. The minimum atomic E-state index is -2.46. The Morgan fingerprint density at radius 1 is 1.11 bits per heavy atom. The van der Waals surface area contributed by atoms with Crippen LogP contribution in [0.25, 0.3) is 0 Å². The molecule has 4 heteroatoms. The largest absolute Gasteiger partial charge is 0.282 e. The average molecular weight is 258 g/mol. The normalized spacial score (nSPS) is 11.4. The van der Waals surface area contributed by atoms with E-state index in [-0.39, 0.29) is 5.69 Å². The molecule has 0 spiro atoms. The summed E-state index contributed by atoms with van der Waals surface area (Å²) in [5, 5.41) is 4.03. The molecule has 0 N–H and O–H groups in total. The van der Waals surface area contributed by atoms with Gasteiger partial charge in [0.05, 0.1) is 0 Å². The Bertz CT molecular complexity index is 307. The Kier molecular flexibility index (Phi) is 6.91. The maximum atomic E-state index is 12.7. The summed E-state index contributed by atoms with van der Waals surface area (Å²) >= 11 is 0. The molecular weight excluding hydrogens is 234 g/mol. The summed E-state index contributed by atoms with van der Waals surface area (Å²) < 4.78 is 27.1. The van der Waals surface area contributed by atoms with Gasteiger partial charge >= 0.3 is 0 Å². The maximum absolute atomic E-state index is 12.7. The van der Waals surface area contributed by atoms with E-state index in [2.05, 4.69) is 18.9 Å². The van der Waals surface area contributed by atoms with Crippen molar-refractivity contribution in [3.05, 3.63) is 17.5 Å². The van der Waals surface area contributed by atoms with Gasteiger partial charge in [-0.25, -0.2) is 8.78 Å². The van der Waals surface area contributed by atoms with Crippen molar-refractivity contribution >= 4 is 0 Å². The monoisotopic (exact) mass is 258 g/mol. The summed E-state index contributed by atoms with van der Waals surface area (Å²) in [6.07, 6.45) is 5.02. The van der Waals surface area contributed by atoms with Crippen LogP contribution in [0.1, 0.15) is 70.2 Å². The van der Waals surface area contributed by atoms with Gasteiger partial charge in [-0.3, -0.25) is 4.68 Å². The summed E-state index contributed by atoms with van der Waals surface area (Å²) in [5.74, 6) is 0. The van der Waals surface area contributed by atoms with Crippen LogP contribution in [0.5, 0.6) is 0 Å². The highest BCUT2D eigenvalue weighted by atomic mass is 19.3. The number of aryl methyl sites for hydroxylation is 2. The van der Waals surface area contributed by atoms with Crippen molar-refractivity contribution in [3.8, 4) is 0 Å². The lowest BCUT2D eigenvalue weighted by atomic mass is 10.1. The van der Waals surface area contributed by atoms with E-state index >= 15 is 0 Å². The van der Waals surface area contributed by atoms with E-state index in [1.165, 1.54) is 0 Å². The summed E-state index contributed by atoms with van der Waals surface area (Å²) in [5.41, 5.74) is 0.896. The van der Waals surface area contributed by atoms with Crippen molar-refractivity contribution in [3.63, 3.8) is 0 Å². The predicted octanol–water partition coefficient (Wildman–Crippen LogP) is 4.74. The quantitative estimate of drug-likeness (QED) is 0.585. The Labute approximate surface area is 108 Å². The number of aromatic nitrogens is 2. The van der Waals surface area contributed by atoms with Gasteiger partial charge in [0.15, 0.2) is 0 Å². The number of hydrogen-bond donors (Lipinski definition) is 0. The Morgan fingerprint density at radius 2 is 1.78 bits per heavy atom. The molecule has 0 radical (unpaired) electrons. The van der Waals surface area contributed by atoms with Crippen LogP contribution < -0.4 is 0 Å². The molecule has 1 heterocycles. The molecule has 18 heavy (non-hydrogen) atoms. The molecule has 104 valence electrons. The predicted molar refractivity (Wildman–Crippen MR) is 69.9 cm³/mol. The van der Waals surface area contributed by atoms with E-state index in [4.69, 9.17) is 0 Å². The second kappa shape index (κ2) is 8.22. The van der Waals surface area contributed by atoms with Gasteiger partial charge in [-0.2, -0.15) is 5.10 Å². The first-order chi connectivity index (χ1) is 8.69. The second-order valence-electron chi connectivity index (χ2n) is 4.75. The van der Waals surface area contributed by atoms with Gasteiger partial charge in [-0.15, -0.1) is 0 Å². The fourth-order valence-electron chi connectivity index (χ4n) is 2.05. The fraction of sp³-hybridized carbons (Fsp3) is 0.786. The van der Waals surface area contributed by atoms with Crippen molar-refractivity contribution in [2.24, 2.45) is 0 Å². The molecule has 0 fully saturated rings. The van der Waals surface area contributed by atoms with Crippen LogP contribution >= 0.6 is 0 Å². The first-order valence-corrected chi connectivity index (χ1v) is 7.03. The third kappa shape index (κ3) is 4.75. The number of halogens is 2. The van der Waals surface area contributed by atoms with Crippen LogP contribution in [-0.2, 0) is 13.0 Å². The van der Waals surface area contributed by atoms with E-state index in [1.807, 2.05) is 0 Å². The standard InChI is InChI=1S/C14H24F2N2/c1-3-5-7-9-12-11-13(14(15)16)17-18(12)10-8-6-4-2/h11,14H,3-10H2,1-2H3. The van der Waals surface area contributed by atoms with Crippen LogP contribution in [0, 0.1) is 0 Å². The molecule has 0 saturated heterocycles. The van der Waals surface area contributed by atoms with E-state index in [0.717, 1.165) is 57.2 Å². The molecule has 1 rings (SSSR count). The lowest BCUT2D eigenvalue weighted by molar-refractivity contribution is 0.145. The minimum Gasteiger partial charge on any atom is -0.269 e. The van der Waals surface area contributed by atoms with Crippen LogP contribution in [0.2, 0.25) is 0 Å². The molecule has 0 unspecified atom stereocenters. The van der Waals surface area contributed by atoms with Gasteiger partial charge in [-0.05, 0) is 25.3 Å².